The SMILES string of the molecule is Cc1nn(-c2ccccc2)c(C)c1CN(C)C(=O)Cn1nc2ccccn2c1=O. The lowest BCUT2D eigenvalue weighted by Crippen LogP contribution is -2.34. The number of hydrogen-bond acceptors (Lipinski definition) is 4. The normalized spacial score (nSPS) is 11.1. The van der Waals surface area contributed by atoms with Gasteiger partial charge in [-0.05, 0) is 38.1 Å². The van der Waals surface area contributed by atoms with E-state index in [-0.39, 0.29) is 18.1 Å². The number of aryl methyl sites for hydroxylation is 1. The molecule has 0 aliphatic rings. The molecular formula is C21H22N6O2. The van der Waals surface area contributed by atoms with Gasteiger partial charge in [0, 0.05) is 31.0 Å². The van der Waals surface area contributed by atoms with Crippen molar-refractivity contribution >= 4 is 11.6 Å². The third-order valence-corrected chi connectivity index (χ3v) is 5.04. The molecule has 29 heavy (non-hydrogen) atoms. The molecule has 3 heterocycles. The average Bonchev–Trinajstić information content (AvgIpc) is 3.19. The molecule has 1 aromatic carbocycles. The summed E-state index contributed by atoms with van der Waals surface area (Å²) in [5.41, 5.74) is 4.01. The minimum absolute atomic E-state index is 0.109. The summed E-state index contributed by atoms with van der Waals surface area (Å²) in [4.78, 5) is 26.7. The van der Waals surface area contributed by atoms with E-state index >= 15 is 0 Å². The molecule has 0 bridgehead atoms. The third-order valence-electron chi connectivity index (χ3n) is 5.04. The van der Waals surface area contributed by atoms with Gasteiger partial charge in [0.05, 0.1) is 11.4 Å². The molecule has 8 nitrogen and oxygen atoms in total. The average molecular weight is 390 g/mol. The van der Waals surface area contributed by atoms with Crippen molar-refractivity contribution in [3.8, 4) is 5.69 Å². The summed E-state index contributed by atoms with van der Waals surface area (Å²) >= 11 is 0. The number of fused-ring (bicyclic) bond motifs is 1. The fourth-order valence-corrected chi connectivity index (χ4v) is 3.37. The maximum Gasteiger partial charge on any atom is 0.350 e. The molecule has 0 spiro atoms. The summed E-state index contributed by atoms with van der Waals surface area (Å²) in [6.07, 6.45) is 1.64. The smallest absolute Gasteiger partial charge is 0.340 e. The molecule has 3 aromatic heterocycles. The summed E-state index contributed by atoms with van der Waals surface area (Å²) < 4.78 is 4.50. The molecule has 0 fully saturated rings. The van der Waals surface area contributed by atoms with Crippen molar-refractivity contribution in [2.45, 2.75) is 26.9 Å². The van der Waals surface area contributed by atoms with Crippen LogP contribution in [-0.4, -0.2) is 41.8 Å². The highest BCUT2D eigenvalue weighted by molar-refractivity contribution is 5.75. The van der Waals surface area contributed by atoms with Gasteiger partial charge in [-0.2, -0.15) is 5.10 Å². The van der Waals surface area contributed by atoms with E-state index < -0.39 is 0 Å². The number of para-hydroxylation sites is 1. The summed E-state index contributed by atoms with van der Waals surface area (Å²) in [6, 6.07) is 15.2. The Kier molecular flexibility index (Phi) is 4.75. The molecule has 4 rings (SSSR count). The predicted molar refractivity (Wildman–Crippen MR) is 109 cm³/mol. The first-order chi connectivity index (χ1) is 14.0. The van der Waals surface area contributed by atoms with Crippen molar-refractivity contribution in [3.63, 3.8) is 0 Å². The lowest BCUT2D eigenvalue weighted by Gasteiger charge is -2.17. The summed E-state index contributed by atoms with van der Waals surface area (Å²) in [5.74, 6) is -0.193. The lowest BCUT2D eigenvalue weighted by molar-refractivity contribution is -0.131. The molecule has 0 unspecified atom stereocenters. The Labute approximate surface area is 167 Å². The van der Waals surface area contributed by atoms with E-state index in [2.05, 4.69) is 10.2 Å². The highest BCUT2D eigenvalue weighted by Crippen LogP contribution is 2.19. The summed E-state index contributed by atoms with van der Waals surface area (Å²) in [7, 11) is 1.72. The zero-order valence-corrected chi connectivity index (χ0v) is 16.6. The number of carbonyl (C=O) groups excluding carboxylic acids is 1. The first-order valence-corrected chi connectivity index (χ1v) is 9.34. The second-order valence-corrected chi connectivity index (χ2v) is 7.02. The van der Waals surface area contributed by atoms with Crippen LogP contribution in [0.2, 0.25) is 0 Å². The monoisotopic (exact) mass is 390 g/mol. The van der Waals surface area contributed by atoms with E-state index in [0.717, 1.165) is 22.6 Å². The highest BCUT2D eigenvalue weighted by Gasteiger charge is 2.19. The van der Waals surface area contributed by atoms with Crippen LogP contribution in [0.1, 0.15) is 17.0 Å². The van der Waals surface area contributed by atoms with Gasteiger partial charge in [0.2, 0.25) is 5.91 Å². The topological polar surface area (TPSA) is 77.4 Å². The van der Waals surface area contributed by atoms with Gasteiger partial charge in [-0.15, -0.1) is 5.10 Å². The number of carbonyl (C=O) groups is 1. The van der Waals surface area contributed by atoms with E-state index in [4.69, 9.17) is 0 Å². The van der Waals surface area contributed by atoms with Crippen LogP contribution in [0.3, 0.4) is 0 Å². The summed E-state index contributed by atoms with van der Waals surface area (Å²) in [5, 5.41) is 8.85. The molecule has 0 aliphatic heterocycles. The van der Waals surface area contributed by atoms with Crippen LogP contribution < -0.4 is 5.69 Å². The van der Waals surface area contributed by atoms with E-state index in [1.165, 1.54) is 9.08 Å². The number of benzene rings is 1. The Morgan fingerprint density at radius 1 is 1.03 bits per heavy atom. The number of aromatic nitrogens is 5. The molecule has 0 atom stereocenters. The maximum atomic E-state index is 12.7. The third kappa shape index (κ3) is 3.44. The molecular weight excluding hydrogens is 368 g/mol. The van der Waals surface area contributed by atoms with Gasteiger partial charge in [-0.1, -0.05) is 24.3 Å². The van der Waals surface area contributed by atoms with Crippen LogP contribution in [0.15, 0.2) is 59.5 Å². The highest BCUT2D eigenvalue weighted by atomic mass is 16.2. The van der Waals surface area contributed by atoms with Crippen molar-refractivity contribution in [3.05, 3.63) is 82.2 Å². The Balaban J connectivity index is 1.54. The Bertz CT molecular complexity index is 1240. The molecule has 0 saturated carbocycles. The number of nitrogens with zero attached hydrogens (tertiary/aromatic N) is 6. The summed E-state index contributed by atoms with van der Waals surface area (Å²) in [6.45, 7) is 4.23. The molecule has 4 aromatic rings. The van der Waals surface area contributed by atoms with Gasteiger partial charge < -0.3 is 4.90 Å². The number of likely N-dealkylation sites (N-methyl/N-ethyl adjacent to an activating group) is 1. The Hall–Kier alpha value is -3.68. The van der Waals surface area contributed by atoms with Crippen molar-refractivity contribution in [1.29, 1.82) is 0 Å². The molecule has 0 saturated heterocycles. The van der Waals surface area contributed by atoms with Crippen LogP contribution in [-0.2, 0) is 17.9 Å². The fraction of sp³-hybridized carbons (Fsp3) is 0.238. The second kappa shape index (κ2) is 7.38. The van der Waals surface area contributed by atoms with Crippen LogP contribution in [0.25, 0.3) is 11.3 Å². The first kappa shape index (κ1) is 18.7. The zero-order valence-electron chi connectivity index (χ0n) is 16.6. The minimum atomic E-state index is -0.327. The van der Waals surface area contributed by atoms with Gasteiger partial charge in [-0.25, -0.2) is 14.2 Å². The minimum Gasteiger partial charge on any atom is -0.340 e. The van der Waals surface area contributed by atoms with Gasteiger partial charge in [-0.3, -0.25) is 9.20 Å². The lowest BCUT2D eigenvalue weighted by atomic mass is 10.2. The molecule has 8 heteroatoms. The van der Waals surface area contributed by atoms with Gasteiger partial charge in [0.25, 0.3) is 0 Å². The molecule has 0 N–H and O–H groups in total. The molecule has 1 amide bonds. The van der Waals surface area contributed by atoms with Crippen molar-refractivity contribution in [2.75, 3.05) is 7.05 Å². The number of rotatable bonds is 5. The zero-order chi connectivity index (χ0) is 20.5. The molecule has 0 radical (unpaired) electrons. The second-order valence-electron chi connectivity index (χ2n) is 7.02. The maximum absolute atomic E-state index is 12.7. The van der Waals surface area contributed by atoms with Crippen LogP contribution in [0.5, 0.6) is 0 Å². The predicted octanol–water partition coefficient (Wildman–Crippen LogP) is 1.96. The Morgan fingerprint density at radius 3 is 2.48 bits per heavy atom. The van der Waals surface area contributed by atoms with E-state index in [9.17, 15) is 9.59 Å². The largest absolute Gasteiger partial charge is 0.350 e. The quantitative estimate of drug-likeness (QED) is 0.522. The van der Waals surface area contributed by atoms with Crippen LogP contribution >= 0.6 is 0 Å². The van der Waals surface area contributed by atoms with E-state index in [1.807, 2.05) is 48.9 Å². The van der Waals surface area contributed by atoms with Crippen LogP contribution in [0.4, 0.5) is 0 Å². The number of hydrogen-bond donors (Lipinski definition) is 0. The van der Waals surface area contributed by atoms with Crippen molar-refractivity contribution in [1.82, 2.24) is 28.9 Å². The fourth-order valence-electron chi connectivity index (χ4n) is 3.37. The van der Waals surface area contributed by atoms with Gasteiger partial charge in [0.1, 0.15) is 6.54 Å². The van der Waals surface area contributed by atoms with E-state index in [0.29, 0.717) is 12.2 Å². The molecule has 148 valence electrons. The van der Waals surface area contributed by atoms with Crippen molar-refractivity contribution < 1.29 is 4.79 Å². The van der Waals surface area contributed by atoms with Gasteiger partial charge >= 0.3 is 5.69 Å². The standard InChI is InChI=1S/C21H22N6O2/c1-15-18(16(2)27(22-15)17-9-5-4-6-10-17)13-24(3)20(28)14-26-21(29)25-12-8-7-11-19(25)23-26/h4-12H,13-14H2,1-3H3. The number of amides is 1. The first-order valence-electron chi connectivity index (χ1n) is 9.34. The number of pyridine rings is 1. The van der Waals surface area contributed by atoms with Crippen LogP contribution in [0, 0.1) is 13.8 Å². The van der Waals surface area contributed by atoms with Crippen molar-refractivity contribution in [2.24, 2.45) is 0 Å². The molecule has 0 aliphatic carbocycles. The Morgan fingerprint density at radius 2 is 1.76 bits per heavy atom. The van der Waals surface area contributed by atoms with E-state index in [1.54, 1.807) is 36.3 Å². The van der Waals surface area contributed by atoms with Gasteiger partial charge in [0.15, 0.2) is 5.65 Å².